The van der Waals surface area contributed by atoms with Crippen molar-refractivity contribution >= 4 is 49.3 Å². The molecule has 110 valence electrons. The lowest BCUT2D eigenvalue weighted by atomic mass is 10.2. The van der Waals surface area contributed by atoms with Gasteiger partial charge in [-0.2, -0.15) is 0 Å². The summed E-state index contributed by atoms with van der Waals surface area (Å²) in [4.78, 5) is 16.8. The molecule has 0 bridgehead atoms. The first-order chi connectivity index (χ1) is 10.0. The summed E-state index contributed by atoms with van der Waals surface area (Å²) in [5.41, 5.74) is 2.08. The van der Waals surface area contributed by atoms with Crippen LogP contribution in [0.2, 0.25) is 0 Å². The molecule has 6 heteroatoms. The monoisotopic (exact) mass is 411 g/mol. The van der Waals surface area contributed by atoms with Gasteiger partial charge in [0, 0.05) is 26.7 Å². The minimum Gasteiger partial charge on any atom is -0.370 e. The summed E-state index contributed by atoms with van der Waals surface area (Å²) in [7, 11) is 0. The van der Waals surface area contributed by atoms with Crippen LogP contribution in [0.25, 0.3) is 0 Å². The van der Waals surface area contributed by atoms with E-state index < -0.39 is 0 Å². The summed E-state index contributed by atoms with van der Waals surface area (Å²) in [5, 5.41) is 6.02. The van der Waals surface area contributed by atoms with Gasteiger partial charge in [0.05, 0.1) is 5.69 Å². The van der Waals surface area contributed by atoms with Gasteiger partial charge in [0.2, 0.25) is 0 Å². The van der Waals surface area contributed by atoms with E-state index in [2.05, 4.69) is 47.5 Å². The number of aromatic nitrogens is 1. The molecule has 1 heterocycles. The largest absolute Gasteiger partial charge is 0.370 e. The van der Waals surface area contributed by atoms with Gasteiger partial charge in [-0.15, -0.1) is 0 Å². The molecule has 0 radical (unpaired) electrons. The summed E-state index contributed by atoms with van der Waals surface area (Å²) >= 11 is 6.87. The maximum atomic E-state index is 12.4. The number of nitrogens with zero attached hydrogens (tertiary/aromatic N) is 1. The molecule has 0 atom stereocenters. The van der Waals surface area contributed by atoms with E-state index in [0.29, 0.717) is 17.1 Å². The first-order valence-electron chi connectivity index (χ1n) is 6.49. The van der Waals surface area contributed by atoms with Crippen LogP contribution in [0.1, 0.15) is 23.0 Å². The minimum atomic E-state index is -0.174. The van der Waals surface area contributed by atoms with E-state index in [1.807, 2.05) is 32.0 Å². The normalized spacial score (nSPS) is 10.3. The summed E-state index contributed by atoms with van der Waals surface area (Å²) in [6.45, 7) is 4.61. The van der Waals surface area contributed by atoms with Gasteiger partial charge in [-0.05, 0) is 70.0 Å². The number of carbonyl (C=O) groups is 1. The van der Waals surface area contributed by atoms with Gasteiger partial charge in [0.25, 0.3) is 5.91 Å². The van der Waals surface area contributed by atoms with Crippen LogP contribution in [0, 0.1) is 6.92 Å². The molecule has 0 saturated carbocycles. The zero-order chi connectivity index (χ0) is 15.4. The maximum absolute atomic E-state index is 12.4. The van der Waals surface area contributed by atoms with Crippen LogP contribution in [-0.4, -0.2) is 17.4 Å². The third-order valence-corrected chi connectivity index (χ3v) is 4.10. The number of aryl methyl sites for hydroxylation is 1. The fourth-order valence-electron chi connectivity index (χ4n) is 1.87. The molecular weight excluding hydrogens is 398 g/mol. The van der Waals surface area contributed by atoms with Crippen molar-refractivity contribution in [1.29, 1.82) is 0 Å². The second-order valence-corrected chi connectivity index (χ2v) is 6.17. The molecule has 2 rings (SSSR count). The SMILES string of the molecule is CCNc1cc(C(=O)Nc2c(Br)cccc2Br)cc(C)n1. The molecule has 4 nitrogen and oxygen atoms in total. The van der Waals surface area contributed by atoms with Crippen LogP contribution in [0.4, 0.5) is 11.5 Å². The molecule has 1 aromatic carbocycles. The average molecular weight is 413 g/mol. The number of benzene rings is 1. The number of rotatable bonds is 4. The second-order valence-electron chi connectivity index (χ2n) is 4.46. The van der Waals surface area contributed by atoms with Crippen molar-refractivity contribution in [1.82, 2.24) is 4.98 Å². The lowest BCUT2D eigenvalue weighted by Crippen LogP contribution is -2.14. The number of nitrogens with one attached hydrogen (secondary N) is 2. The highest BCUT2D eigenvalue weighted by atomic mass is 79.9. The summed E-state index contributed by atoms with van der Waals surface area (Å²) < 4.78 is 1.64. The third-order valence-electron chi connectivity index (χ3n) is 2.77. The Balaban J connectivity index is 2.28. The third kappa shape index (κ3) is 4.04. The van der Waals surface area contributed by atoms with Crippen LogP contribution in [0.5, 0.6) is 0 Å². The van der Waals surface area contributed by atoms with E-state index in [9.17, 15) is 4.79 Å². The van der Waals surface area contributed by atoms with Gasteiger partial charge in [0.1, 0.15) is 5.82 Å². The Kier molecular flexibility index (Phi) is 5.36. The minimum absolute atomic E-state index is 0.174. The van der Waals surface area contributed by atoms with Gasteiger partial charge in [-0.25, -0.2) is 4.98 Å². The van der Waals surface area contributed by atoms with Gasteiger partial charge in [0.15, 0.2) is 0 Å². The number of anilines is 2. The van der Waals surface area contributed by atoms with Crippen molar-refractivity contribution in [2.45, 2.75) is 13.8 Å². The molecule has 0 saturated heterocycles. The van der Waals surface area contributed by atoms with Gasteiger partial charge in [-0.1, -0.05) is 6.07 Å². The number of para-hydroxylation sites is 1. The highest BCUT2D eigenvalue weighted by molar-refractivity contribution is 9.11. The highest BCUT2D eigenvalue weighted by Crippen LogP contribution is 2.31. The molecule has 0 unspecified atom stereocenters. The molecule has 0 aliphatic heterocycles. The molecule has 1 amide bonds. The van der Waals surface area contributed by atoms with E-state index in [-0.39, 0.29) is 5.91 Å². The Bertz CT molecular complexity index is 654. The molecule has 0 spiro atoms. The van der Waals surface area contributed by atoms with E-state index >= 15 is 0 Å². The molecule has 2 aromatic rings. The van der Waals surface area contributed by atoms with Gasteiger partial charge in [-0.3, -0.25) is 4.79 Å². The van der Waals surface area contributed by atoms with E-state index in [4.69, 9.17) is 0 Å². The van der Waals surface area contributed by atoms with Crippen molar-refractivity contribution in [3.63, 3.8) is 0 Å². The molecular formula is C15H15Br2N3O. The predicted molar refractivity (Wildman–Crippen MR) is 92.9 cm³/mol. The predicted octanol–water partition coefficient (Wildman–Crippen LogP) is 4.60. The van der Waals surface area contributed by atoms with E-state index in [1.165, 1.54) is 0 Å². The topological polar surface area (TPSA) is 54.0 Å². The Morgan fingerprint density at radius 2 is 1.90 bits per heavy atom. The Labute approximate surface area is 140 Å². The van der Waals surface area contributed by atoms with Crippen LogP contribution in [0.3, 0.4) is 0 Å². The molecule has 0 aliphatic rings. The maximum Gasteiger partial charge on any atom is 0.255 e. The molecule has 0 fully saturated rings. The quantitative estimate of drug-likeness (QED) is 0.771. The van der Waals surface area contributed by atoms with Crippen LogP contribution in [0.15, 0.2) is 39.3 Å². The fourth-order valence-corrected chi connectivity index (χ4v) is 3.07. The van der Waals surface area contributed by atoms with Crippen LogP contribution in [-0.2, 0) is 0 Å². The lowest BCUT2D eigenvalue weighted by molar-refractivity contribution is 0.102. The average Bonchev–Trinajstić information content (AvgIpc) is 2.42. The first-order valence-corrected chi connectivity index (χ1v) is 8.07. The van der Waals surface area contributed by atoms with Crippen LogP contribution >= 0.6 is 31.9 Å². The second kappa shape index (κ2) is 7.04. The lowest BCUT2D eigenvalue weighted by Gasteiger charge is -2.11. The van der Waals surface area contributed by atoms with Crippen LogP contribution < -0.4 is 10.6 Å². The number of carbonyl (C=O) groups excluding carboxylic acids is 1. The molecule has 2 N–H and O–H groups in total. The number of amides is 1. The Morgan fingerprint density at radius 3 is 2.52 bits per heavy atom. The van der Waals surface area contributed by atoms with E-state index in [0.717, 1.165) is 21.2 Å². The summed E-state index contributed by atoms with van der Waals surface area (Å²) in [5.74, 6) is 0.529. The van der Waals surface area contributed by atoms with E-state index in [1.54, 1.807) is 12.1 Å². The standard InChI is InChI=1S/C15H15Br2N3O/c1-3-18-13-8-10(7-9(2)19-13)15(21)20-14-11(16)5-4-6-12(14)17/h4-8H,3H2,1-2H3,(H,18,19)(H,20,21). The summed E-state index contributed by atoms with van der Waals surface area (Å²) in [6, 6.07) is 9.16. The zero-order valence-electron chi connectivity index (χ0n) is 11.7. The zero-order valence-corrected chi connectivity index (χ0v) is 14.9. The van der Waals surface area contributed by atoms with Crippen molar-refractivity contribution in [3.05, 3.63) is 50.5 Å². The smallest absolute Gasteiger partial charge is 0.255 e. The van der Waals surface area contributed by atoms with Crippen molar-refractivity contribution < 1.29 is 4.79 Å². The number of pyridine rings is 1. The number of hydrogen-bond donors (Lipinski definition) is 2. The Hall–Kier alpha value is -1.40. The van der Waals surface area contributed by atoms with Crippen molar-refractivity contribution in [2.24, 2.45) is 0 Å². The molecule has 1 aromatic heterocycles. The first kappa shape index (κ1) is 16.0. The summed E-state index contributed by atoms with van der Waals surface area (Å²) in [6.07, 6.45) is 0. The van der Waals surface area contributed by atoms with Crippen molar-refractivity contribution in [2.75, 3.05) is 17.2 Å². The van der Waals surface area contributed by atoms with Gasteiger partial charge >= 0.3 is 0 Å². The fraction of sp³-hybridized carbons (Fsp3) is 0.200. The highest BCUT2D eigenvalue weighted by Gasteiger charge is 2.12. The number of halogens is 2. The Morgan fingerprint density at radius 1 is 1.24 bits per heavy atom. The number of hydrogen-bond acceptors (Lipinski definition) is 3. The molecule has 0 aliphatic carbocycles. The van der Waals surface area contributed by atoms with Crippen molar-refractivity contribution in [3.8, 4) is 0 Å². The van der Waals surface area contributed by atoms with Gasteiger partial charge < -0.3 is 10.6 Å². The molecule has 21 heavy (non-hydrogen) atoms.